The van der Waals surface area contributed by atoms with Crippen LogP contribution in [0, 0.1) is 10.1 Å². The van der Waals surface area contributed by atoms with Crippen molar-refractivity contribution in [2.24, 2.45) is 0 Å². The topological polar surface area (TPSA) is 103 Å². The van der Waals surface area contributed by atoms with Gasteiger partial charge in [0.15, 0.2) is 0 Å². The third-order valence-corrected chi connectivity index (χ3v) is 3.43. The summed E-state index contributed by atoms with van der Waals surface area (Å²) in [6.45, 7) is 3.67. The second-order valence-corrected chi connectivity index (χ2v) is 4.80. The molecule has 1 aromatic heterocycles. The Morgan fingerprint density at radius 1 is 1.35 bits per heavy atom. The molecule has 23 heavy (non-hydrogen) atoms. The lowest BCUT2D eigenvalue weighted by Crippen LogP contribution is -2.18. The van der Waals surface area contributed by atoms with Crippen LogP contribution >= 0.6 is 0 Å². The molecule has 2 aromatic rings. The molecule has 7 nitrogen and oxygen atoms in total. The van der Waals surface area contributed by atoms with Crippen molar-refractivity contribution in [3.63, 3.8) is 0 Å². The van der Waals surface area contributed by atoms with Crippen molar-refractivity contribution >= 4 is 11.7 Å². The zero-order valence-electron chi connectivity index (χ0n) is 12.3. The van der Waals surface area contributed by atoms with Crippen LogP contribution in [0.5, 0.6) is 0 Å². The number of esters is 1. The quantitative estimate of drug-likeness (QED) is 0.380. The van der Waals surface area contributed by atoms with Crippen LogP contribution < -0.4 is 0 Å². The van der Waals surface area contributed by atoms with Crippen LogP contribution in [0.15, 0.2) is 59.2 Å². The van der Waals surface area contributed by atoms with Crippen LogP contribution in [0.2, 0.25) is 0 Å². The fourth-order valence-electron chi connectivity index (χ4n) is 2.23. The average molecular weight is 317 g/mol. The molecule has 0 aliphatic carbocycles. The number of aliphatic hydroxyl groups is 1. The van der Waals surface area contributed by atoms with Gasteiger partial charge in [-0.05, 0) is 29.8 Å². The third-order valence-electron chi connectivity index (χ3n) is 3.43. The van der Waals surface area contributed by atoms with E-state index in [2.05, 4.69) is 11.3 Å². The molecule has 0 spiro atoms. The maximum atomic E-state index is 11.8. The second-order valence-electron chi connectivity index (χ2n) is 4.80. The van der Waals surface area contributed by atoms with Crippen LogP contribution in [0.1, 0.15) is 23.3 Å². The summed E-state index contributed by atoms with van der Waals surface area (Å²) in [6.07, 6.45) is 0.240. The molecule has 0 bridgehead atoms. The summed E-state index contributed by atoms with van der Waals surface area (Å²) in [6, 6.07) is 8.62. The Morgan fingerprint density at radius 2 is 2.00 bits per heavy atom. The number of non-ortho nitro benzene ring substituents is 1. The molecule has 1 aromatic carbocycles. The van der Waals surface area contributed by atoms with E-state index >= 15 is 0 Å². The number of hydrogen-bond acceptors (Lipinski definition) is 6. The minimum Gasteiger partial charge on any atom is -0.469 e. The minimum atomic E-state index is -1.17. The monoisotopic (exact) mass is 317 g/mol. The lowest BCUT2D eigenvalue weighted by molar-refractivity contribution is -0.384. The SMILES string of the molecule is C=C(C(=O)OC)[C@@H](c1ccco1)[C@H](O)c1ccc([N+](=O)[O-])cc1. The minimum absolute atomic E-state index is 0.0216. The number of carbonyl (C=O) groups is 1. The van der Waals surface area contributed by atoms with Gasteiger partial charge in [-0.1, -0.05) is 6.58 Å². The molecular formula is C16H15NO6. The molecule has 2 rings (SSSR count). The van der Waals surface area contributed by atoms with Crippen molar-refractivity contribution in [1.29, 1.82) is 0 Å². The standard InChI is InChI=1S/C16H15NO6/c1-10(16(19)22-2)14(13-4-3-9-23-13)15(18)11-5-7-12(8-6-11)17(20)21/h3-9,14-15,18H,1H2,2H3/t14-,15+/m0/s1. The lowest BCUT2D eigenvalue weighted by Gasteiger charge is -2.22. The highest BCUT2D eigenvalue weighted by molar-refractivity contribution is 5.89. The Bertz CT molecular complexity index is 705. The first-order valence-corrected chi connectivity index (χ1v) is 6.68. The van der Waals surface area contributed by atoms with E-state index in [-0.39, 0.29) is 11.3 Å². The Kier molecular flexibility index (Phi) is 4.92. The smallest absolute Gasteiger partial charge is 0.333 e. The van der Waals surface area contributed by atoms with E-state index in [9.17, 15) is 20.0 Å². The number of methoxy groups -OCH3 is 1. The molecule has 7 heteroatoms. The van der Waals surface area contributed by atoms with Crippen LogP contribution in [-0.4, -0.2) is 23.1 Å². The van der Waals surface area contributed by atoms with Crippen molar-refractivity contribution < 1.29 is 24.0 Å². The molecule has 1 N–H and O–H groups in total. The maximum absolute atomic E-state index is 11.8. The highest BCUT2D eigenvalue weighted by Gasteiger charge is 2.32. The van der Waals surface area contributed by atoms with Crippen LogP contribution in [0.3, 0.4) is 0 Å². The molecule has 0 radical (unpaired) electrons. The summed E-state index contributed by atoms with van der Waals surface area (Å²) in [7, 11) is 1.21. The van der Waals surface area contributed by atoms with Gasteiger partial charge in [0.25, 0.3) is 5.69 Å². The number of hydrogen-bond donors (Lipinski definition) is 1. The number of nitrogens with zero attached hydrogens (tertiary/aromatic N) is 1. The van der Waals surface area contributed by atoms with E-state index in [0.717, 1.165) is 0 Å². The van der Waals surface area contributed by atoms with E-state index in [1.807, 2.05) is 0 Å². The molecule has 0 aliphatic heterocycles. The number of nitro groups is 1. The van der Waals surface area contributed by atoms with Gasteiger partial charge >= 0.3 is 5.97 Å². The van der Waals surface area contributed by atoms with Gasteiger partial charge in [0.05, 0.1) is 30.3 Å². The summed E-state index contributed by atoms with van der Waals surface area (Å²) in [5, 5.41) is 21.3. The highest BCUT2D eigenvalue weighted by Crippen LogP contribution is 2.37. The Hall–Kier alpha value is -2.93. The number of carbonyl (C=O) groups excluding carboxylic acids is 1. The molecule has 0 aliphatic rings. The van der Waals surface area contributed by atoms with Gasteiger partial charge in [-0.2, -0.15) is 0 Å². The average Bonchev–Trinajstić information content (AvgIpc) is 3.08. The summed E-state index contributed by atoms with van der Waals surface area (Å²) >= 11 is 0. The van der Waals surface area contributed by atoms with E-state index in [0.29, 0.717) is 11.3 Å². The summed E-state index contributed by atoms with van der Waals surface area (Å²) < 4.78 is 9.93. The Balaban J connectivity index is 2.36. The molecule has 0 unspecified atom stereocenters. The van der Waals surface area contributed by atoms with Crippen molar-refractivity contribution in [2.75, 3.05) is 7.11 Å². The first kappa shape index (κ1) is 16.4. The zero-order valence-corrected chi connectivity index (χ0v) is 12.3. The molecule has 1 heterocycles. The number of ether oxygens (including phenoxy) is 1. The molecular weight excluding hydrogens is 302 g/mol. The van der Waals surface area contributed by atoms with Gasteiger partial charge in [-0.25, -0.2) is 4.79 Å². The molecule has 0 amide bonds. The van der Waals surface area contributed by atoms with Crippen LogP contribution in [0.25, 0.3) is 0 Å². The lowest BCUT2D eigenvalue weighted by atomic mass is 9.87. The van der Waals surface area contributed by atoms with Crippen molar-refractivity contribution in [3.8, 4) is 0 Å². The van der Waals surface area contributed by atoms with Crippen molar-refractivity contribution in [1.82, 2.24) is 0 Å². The number of benzene rings is 1. The first-order chi connectivity index (χ1) is 11.0. The van der Waals surface area contributed by atoms with E-state index < -0.39 is 22.9 Å². The second kappa shape index (κ2) is 6.89. The molecule has 0 saturated carbocycles. The fourth-order valence-corrected chi connectivity index (χ4v) is 2.23. The van der Waals surface area contributed by atoms with E-state index in [1.54, 1.807) is 12.1 Å². The van der Waals surface area contributed by atoms with Crippen LogP contribution in [-0.2, 0) is 9.53 Å². The Morgan fingerprint density at radius 3 is 2.48 bits per heavy atom. The summed E-state index contributed by atoms with van der Waals surface area (Å²) in [4.78, 5) is 21.9. The third kappa shape index (κ3) is 3.46. The van der Waals surface area contributed by atoms with Gasteiger partial charge in [-0.3, -0.25) is 10.1 Å². The van der Waals surface area contributed by atoms with Gasteiger partial charge in [-0.15, -0.1) is 0 Å². The number of nitro benzene ring substituents is 1. The van der Waals surface area contributed by atoms with Crippen LogP contribution in [0.4, 0.5) is 5.69 Å². The van der Waals surface area contributed by atoms with Gasteiger partial charge in [0.1, 0.15) is 5.76 Å². The van der Waals surface area contributed by atoms with E-state index in [1.165, 1.54) is 37.6 Å². The molecule has 2 atom stereocenters. The molecule has 120 valence electrons. The van der Waals surface area contributed by atoms with E-state index in [4.69, 9.17) is 4.42 Å². The van der Waals surface area contributed by atoms with Gasteiger partial charge in [0, 0.05) is 17.7 Å². The first-order valence-electron chi connectivity index (χ1n) is 6.68. The predicted octanol–water partition coefficient (Wildman–Crippen LogP) is 2.73. The van der Waals surface area contributed by atoms with Crippen molar-refractivity contribution in [3.05, 3.63) is 76.3 Å². The number of rotatable bonds is 6. The fraction of sp³-hybridized carbons (Fsp3) is 0.188. The normalized spacial score (nSPS) is 13.1. The highest BCUT2D eigenvalue weighted by atomic mass is 16.6. The maximum Gasteiger partial charge on any atom is 0.333 e. The number of aliphatic hydroxyl groups excluding tert-OH is 1. The number of furan rings is 1. The summed E-state index contributed by atoms with van der Waals surface area (Å²) in [5.74, 6) is -1.20. The predicted molar refractivity (Wildman–Crippen MR) is 80.7 cm³/mol. The molecule has 0 saturated heterocycles. The van der Waals surface area contributed by atoms with Gasteiger partial charge in [0.2, 0.25) is 0 Å². The van der Waals surface area contributed by atoms with Gasteiger partial charge < -0.3 is 14.3 Å². The summed E-state index contributed by atoms with van der Waals surface area (Å²) in [5.41, 5.74) is 0.317. The molecule has 0 fully saturated rings. The zero-order chi connectivity index (χ0) is 17.0. The van der Waals surface area contributed by atoms with Crippen molar-refractivity contribution in [2.45, 2.75) is 12.0 Å². The largest absolute Gasteiger partial charge is 0.469 e. The Labute approximate surface area is 132 Å².